The van der Waals surface area contributed by atoms with Crippen LogP contribution in [0.25, 0.3) is 11.0 Å². The lowest BCUT2D eigenvalue weighted by atomic mass is 9.78. The first kappa shape index (κ1) is 22.5. The first-order chi connectivity index (χ1) is 14.9. The Bertz CT molecular complexity index is 1090. The standard InChI is InChI=1S/C25H30N2O4/c1-5-7-18(6-2)23(28)15-24(29)19-10-8-17(9-11-19)16-27-22-14-20(31-4)12-13-21(22)26(3)25(27)30/h5-7,12-14,17,19H,1-2,8-11,15-16H2,3-4H3/b18-7+. The highest BCUT2D eigenvalue weighted by molar-refractivity contribution is 6.09. The number of methoxy groups -OCH3 is 1. The van der Waals surface area contributed by atoms with Crippen molar-refractivity contribution in [3.8, 4) is 5.75 Å². The summed E-state index contributed by atoms with van der Waals surface area (Å²) in [6.07, 6.45) is 7.67. The Labute approximate surface area is 182 Å². The number of Topliss-reactive ketones (excluding diaryl/α,β-unsaturated/α-hetero) is 2. The third-order valence-electron chi connectivity index (χ3n) is 6.27. The molecule has 0 aliphatic heterocycles. The molecule has 3 rings (SSSR count). The van der Waals surface area contributed by atoms with Crippen LogP contribution >= 0.6 is 0 Å². The number of allylic oxidation sites excluding steroid dienone is 4. The molecule has 1 aromatic heterocycles. The number of hydrogen-bond acceptors (Lipinski definition) is 4. The lowest BCUT2D eigenvalue weighted by Gasteiger charge is -2.27. The molecule has 0 amide bonds. The van der Waals surface area contributed by atoms with Gasteiger partial charge in [-0.1, -0.05) is 31.4 Å². The summed E-state index contributed by atoms with van der Waals surface area (Å²) in [6.45, 7) is 7.83. The van der Waals surface area contributed by atoms with Gasteiger partial charge in [-0.3, -0.25) is 18.7 Å². The normalized spacial score (nSPS) is 19.2. The van der Waals surface area contributed by atoms with Crippen LogP contribution in [0.4, 0.5) is 0 Å². The average molecular weight is 423 g/mol. The summed E-state index contributed by atoms with van der Waals surface area (Å²) in [5.74, 6) is 0.721. The minimum atomic E-state index is -0.210. The van der Waals surface area contributed by atoms with E-state index in [4.69, 9.17) is 4.74 Å². The maximum absolute atomic E-state index is 12.8. The van der Waals surface area contributed by atoms with Crippen LogP contribution in [-0.4, -0.2) is 27.8 Å². The summed E-state index contributed by atoms with van der Waals surface area (Å²) in [6, 6.07) is 5.65. The molecule has 1 heterocycles. The second-order valence-electron chi connectivity index (χ2n) is 8.15. The average Bonchev–Trinajstić information content (AvgIpc) is 3.01. The van der Waals surface area contributed by atoms with Crippen molar-refractivity contribution in [1.29, 1.82) is 0 Å². The van der Waals surface area contributed by atoms with Crippen LogP contribution in [0.3, 0.4) is 0 Å². The maximum Gasteiger partial charge on any atom is 0.328 e. The Hall–Kier alpha value is -3.15. The van der Waals surface area contributed by atoms with Gasteiger partial charge < -0.3 is 4.74 Å². The number of ketones is 2. The third kappa shape index (κ3) is 4.79. The molecule has 1 aliphatic carbocycles. The third-order valence-corrected chi connectivity index (χ3v) is 6.27. The van der Waals surface area contributed by atoms with Gasteiger partial charge >= 0.3 is 5.69 Å². The van der Waals surface area contributed by atoms with E-state index in [-0.39, 0.29) is 29.6 Å². The van der Waals surface area contributed by atoms with Gasteiger partial charge in [0.05, 0.1) is 24.6 Å². The largest absolute Gasteiger partial charge is 0.497 e. The summed E-state index contributed by atoms with van der Waals surface area (Å²) < 4.78 is 8.79. The van der Waals surface area contributed by atoms with E-state index in [1.54, 1.807) is 24.8 Å². The first-order valence-electron chi connectivity index (χ1n) is 10.6. The minimum Gasteiger partial charge on any atom is -0.497 e. The number of carbonyl (C=O) groups is 2. The number of ether oxygens (including phenoxy) is 1. The first-order valence-corrected chi connectivity index (χ1v) is 10.6. The summed E-state index contributed by atoms with van der Waals surface area (Å²) in [4.78, 5) is 37.7. The van der Waals surface area contributed by atoms with Crippen molar-refractivity contribution in [3.05, 3.63) is 65.6 Å². The van der Waals surface area contributed by atoms with E-state index >= 15 is 0 Å². The highest BCUT2D eigenvalue weighted by Gasteiger charge is 2.28. The number of fused-ring (bicyclic) bond motifs is 1. The van der Waals surface area contributed by atoms with E-state index in [2.05, 4.69) is 13.2 Å². The number of aromatic nitrogens is 2. The number of rotatable bonds is 9. The van der Waals surface area contributed by atoms with Gasteiger partial charge in [0, 0.05) is 31.1 Å². The van der Waals surface area contributed by atoms with Crippen molar-refractivity contribution < 1.29 is 14.3 Å². The highest BCUT2D eigenvalue weighted by atomic mass is 16.5. The van der Waals surface area contributed by atoms with Gasteiger partial charge in [-0.2, -0.15) is 0 Å². The van der Waals surface area contributed by atoms with Crippen LogP contribution in [0, 0.1) is 11.8 Å². The molecule has 0 radical (unpaired) electrons. The summed E-state index contributed by atoms with van der Waals surface area (Å²) in [7, 11) is 3.39. The zero-order valence-corrected chi connectivity index (χ0v) is 18.3. The van der Waals surface area contributed by atoms with Crippen molar-refractivity contribution in [2.45, 2.75) is 38.6 Å². The number of hydrogen-bond donors (Lipinski definition) is 0. The number of nitrogens with zero attached hydrogens (tertiary/aromatic N) is 2. The van der Waals surface area contributed by atoms with Gasteiger partial charge in [-0.25, -0.2) is 4.79 Å². The number of imidazole rings is 1. The van der Waals surface area contributed by atoms with Crippen molar-refractivity contribution in [2.75, 3.05) is 7.11 Å². The Morgan fingerprint density at radius 1 is 1.16 bits per heavy atom. The summed E-state index contributed by atoms with van der Waals surface area (Å²) >= 11 is 0. The lowest BCUT2D eigenvalue weighted by Crippen LogP contribution is -2.29. The molecule has 1 saturated carbocycles. The second kappa shape index (κ2) is 9.77. The molecule has 0 bridgehead atoms. The Balaban J connectivity index is 1.65. The molecule has 1 aromatic carbocycles. The smallest absolute Gasteiger partial charge is 0.328 e. The van der Waals surface area contributed by atoms with E-state index in [9.17, 15) is 14.4 Å². The SMILES string of the molecule is C=C/C=C(\C=C)C(=O)CC(=O)C1CCC(Cn2c(=O)n(C)c3ccc(OC)cc32)CC1. The molecule has 31 heavy (non-hydrogen) atoms. The molecule has 6 heteroatoms. The topological polar surface area (TPSA) is 70.3 Å². The van der Waals surface area contributed by atoms with E-state index in [0.29, 0.717) is 18.0 Å². The number of benzene rings is 1. The van der Waals surface area contributed by atoms with Crippen molar-refractivity contribution in [1.82, 2.24) is 9.13 Å². The van der Waals surface area contributed by atoms with Crippen LogP contribution in [-0.2, 0) is 23.2 Å². The van der Waals surface area contributed by atoms with E-state index < -0.39 is 0 Å². The fourth-order valence-corrected chi connectivity index (χ4v) is 4.43. The van der Waals surface area contributed by atoms with Crippen LogP contribution in [0.2, 0.25) is 0 Å². The summed E-state index contributed by atoms with van der Waals surface area (Å²) in [5.41, 5.74) is 2.11. The van der Waals surface area contributed by atoms with E-state index in [1.807, 2.05) is 22.8 Å². The Kier molecular flexibility index (Phi) is 7.10. The monoisotopic (exact) mass is 422 g/mol. The molecule has 0 N–H and O–H groups in total. The van der Waals surface area contributed by atoms with Crippen molar-refractivity contribution >= 4 is 22.6 Å². The summed E-state index contributed by atoms with van der Waals surface area (Å²) in [5, 5.41) is 0. The van der Waals surface area contributed by atoms with Gasteiger partial charge in [0.1, 0.15) is 11.5 Å². The highest BCUT2D eigenvalue weighted by Crippen LogP contribution is 2.32. The molecule has 6 nitrogen and oxygen atoms in total. The molecule has 1 fully saturated rings. The van der Waals surface area contributed by atoms with Crippen LogP contribution in [0.1, 0.15) is 32.1 Å². The molecule has 2 aromatic rings. The Morgan fingerprint density at radius 2 is 1.87 bits per heavy atom. The lowest BCUT2D eigenvalue weighted by molar-refractivity contribution is -0.128. The maximum atomic E-state index is 12.8. The molecule has 0 unspecified atom stereocenters. The number of aryl methyl sites for hydroxylation is 1. The molecular formula is C25H30N2O4. The van der Waals surface area contributed by atoms with Crippen LogP contribution in [0.15, 0.2) is 60.0 Å². The number of carbonyl (C=O) groups excluding carboxylic acids is 2. The van der Waals surface area contributed by atoms with Gasteiger partial charge in [-0.05, 0) is 43.7 Å². The predicted molar refractivity (Wildman–Crippen MR) is 122 cm³/mol. The van der Waals surface area contributed by atoms with Crippen LogP contribution < -0.4 is 10.4 Å². The fraction of sp³-hybridized carbons (Fsp3) is 0.400. The van der Waals surface area contributed by atoms with Gasteiger partial charge in [0.25, 0.3) is 0 Å². The van der Waals surface area contributed by atoms with Crippen LogP contribution in [0.5, 0.6) is 5.75 Å². The molecule has 0 saturated heterocycles. The molecular weight excluding hydrogens is 392 g/mol. The van der Waals surface area contributed by atoms with Gasteiger partial charge in [0.2, 0.25) is 0 Å². The zero-order valence-electron chi connectivity index (χ0n) is 18.3. The van der Waals surface area contributed by atoms with Crippen molar-refractivity contribution in [2.24, 2.45) is 18.9 Å². The molecule has 164 valence electrons. The fourth-order valence-electron chi connectivity index (χ4n) is 4.43. The second-order valence-corrected chi connectivity index (χ2v) is 8.15. The van der Waals surface area contributed by atoms with Crippen molar-refractivity contribution in [3.63, 3.8) is 0 Å². The van der Waals surface area contributed by atoms with E-state index in [1.165, 1.54) is 12.2 Å². The predicted octanol–water partition coefficient (Wildman–Crippen LogP) is 3.98. The van der Waals surface area contributed by atoms with Gasteiger partial charge in [0.15, 0.2) is 5.78 Å². The molecule has 1 aliphatic rings. The van der Waals surface area contributed by atoms with E-state index in [0.717, 1.165) is 42.5 Å². The molecule has 0 spiro atoms. The zero-order chi connectivity index (χ0) is 22.5. The minimum absolute atomic E-state index is 0.00711. The van der Waals surface area contributed by atoms with Gasteiger partial charge in [-0.15, -0.1) is 0 Å². The molecule has 0 atom stereocenters. The Morgan fingerprint density at radius 3 is 2.48 bits per heavy atom. The quantitative estimate of drug-likeness (QED) is 0.348.